The van der Waals surface area contributed by atoms with E-state index in [1.807, 2.05) is 35.6 Å². The number of phenolic OH excluding ortho intramolecular Hbond substituents is 1. The van der Waals surface area contributed by atoms with Crippen LogP contribution >= 0.6 is 22.6 Å². The first kappa shape index (κ1) is 16.3. The van der Waals surface area contributed by atoms with Crippen LogP contribution in [0, 0.1) is 3.57 Å². The lowest BCUT2D eigenvalue weighted by Gasteiger charge is -2.08. The molecule has 22 heavy (non-hydrogen) atoms. The van der Waals surface area contributed by atoms with Gasteiger partial charge >= 0.3 is 0 Å². The van der Waals surface area contributed by atoms with E-state index >= 15 is 0 Å². The zero-order chi connectivity index (χ0) is 15.9. The third-order valence-corrected chi connectivity index (χ3v) is 3.59. The van der Waals surface area contributed by atoms with Crippen molar-refractivity contribution in [3.63, 3.8) is 0 Å². The summed E-state index contributed by atoms with van der Waals surface area (Å²) in [5.74, 6) is 0.216. The van der Waals surface area contributed by atoms with Crippen molar-refractivity contribution in [2.24, 2.45) is 5.10 Å². The van der Waals surface area contributed by atoms with Gasteiger partial charge in [-0.05, 0) is 59.3 Å². The maximum absolute atomic E-state index is 11.8. The molecule has 1 amide bonds. The quantitative estimate of drug-likeness (QED) is 0.452. The molecule has 0 saturated heterocycles. The summed E-state index contributed by atoms with van der Waals surface area (Å²) in [5.41, 5.74) is 3.72. The van der Waals surface area contributed by atoms with Crippen LogP contribution in [0.4, 0.5) is 0 Å². The van der Waals surface area contributed by atoms with E-state index in [2.05, 4.69) is 10.5 Å². The van der Waals surface area contributed by atoms with Gasteiger partial charge in [-0.15, -0.1) is 0 Å². The topological polar surface area (TPSA) is 70.9 Å². The maximum Gasteiger partial charge on any atom is 0.271 e. The van der Waals surface area contributed by atoms with Crippen molar-refractivity contribution in [2.75, 3.05) is 6.61 Å². The van der Waals surface area contributed by atoms with E-state index in [4.69, 9.17) is 4.74 Å². The number of benzene rings is 2. The second-order valence-corrected chi connectivity index (χ2v) is 5.51. The summed E-state index contributed by atoms with van der Waals surface area (Å²) in [5, 5.41) is 13.8. The lowest BCUT2D eigenvalue weighted by Crippen LogP contribution is -2.17. The molecule has 114 valence electrons. The van der Waals surface area contributed by atoms with Gasteiger partial charge in [-0.1, -0.05) is 18.2 Å². The Bertz CT molecular complexity index is 687. The average Bonchev–Trinajstić information content (AvgIpc) is 2.53. The standard InChI is InChI=1S/C16H15IN2O3/c1-2-22-14-9-11(8-13(17)15(14)20)10-18-19-16(21)12-6-4-3-5-7-12/h3-10,20H,2H2,1H3,(H,19,21)/b18-10+. The van der Waals surface area contributed by atoms with Crippen molar-refractivity contribution in [3.8, 4) is 11.5 Å². The first-order valence-corrected chi connectivity index (χ1v) is 7.73. The number of nitrogens with zero attached hydrogens (tertiary/aromatic N) is 1. The van der Waals surface area contributed by atoms with E-state index in [0.29, 0.717) is 21.5 Å². The van der Waals surface area contributed by atoms with Crippen LogP contribution < -0.4 is 10.2 Å². The van der Waals surface area contributed by atoms with Crippen molar-refractivity contribution in [1.82, 2.24) is 5.43 Å². The molecule has 0 aliphatic rings. The minimum atomic E-state index is -0.282. The summed E-state index contributed by atoms with van der Waals surface area (Å²) >= 11 is 2.01. The van der Waals surface area contributed by atoms with Crippen LogP contribution in [0.1, 0.15) is 22.8 Å². The highest BCUT2D eigenvalue weighted by molar-refractivity contribution is 14.1. The number of carbonyl (C=O) groups is 1. The van der Waals surface area contributed by atoms with Crippen LogP contribution in [0.25, 0.3) is 0 Å². The number of hydrogen-bond acceptors (Lipinski definition) is 4. The molecule has 0 atom stereocenters. The Balaban J connectivity index is 2.09. The molecule has 0 aromatic heterocycles. The molecule has 0 spiro atoms. The molecule has 0 aliphatic carbocycles. The summed E-state index contributed by atoms with van der Waals surface area (Å²) in [6.07, 6.45) is 1.50. The van der Waals surface area contributed by atoms with E-state index in [-0.39, 0.29) is 11.7 Å². The summed E-state index contributed by atoms with van der Waals surface area (Å²) in [4.78, 5) is 11.8. The summed E-state index contributed by atoms with van der Waals surface area (Å²) < 4.78 is 6.00. The molecule has 0 fully saturated rings. The molecule has 2 N–H and O–H groups in total. The van der Waals surface area contributed by atoms with Gasteiger partial charge in [0, 0.05) is 5.56 Å². The average molecular weight is 410 g/mol. The van der Waals surface area contributed by atoms with E-state index in [0.717, 1.165) is 5.56 Å². The SMILES string of the molecule is CCOc1cc(/C=N/NC(=O)c2ccccc2)cc(I)c1O. The molecular weight excluding hydrogens is 395 g/mol. The van der Waals surface area contributed by atoms with Gasteiger partial charge in [0.15, 0.2) is 11.5 Å². The Morgan fingerprint density at radius 1 is 1.36 bits per heavy atom. The predicted octanol–water partition coefficient (Wildman–Crippen LogP) is 3.16. The number of aromatic hydroxyl groups is 1. The third kappa shape index (κ3) is 4.20. The highest BCUT2D eigenvalue weighted by atomic mass is 127. The summed E-state index contributed by atoms with van der Waals surface area (Å²) in [7, 11) is 0. The van der Waals surface area contributed by atoms with Crippen LogP contribution in [-0.2, 0) is 0 Å². The maximum atomic E-state index is 11.8. The van der Waals surface area contributed by atoms with Crippen LogP contribution in [0.15, 0.2) is 47.6 Å². The van der Waals surface area contributed by atoms with Crippen molar-refractivity contribution >= 4 is 34.7 Å². The van der Waals surface area contributed by atoms with Gasteiger partial charge in [-0.3, -0.25) is 4.79 Å². The molecule has 0 aliphatic heterocycles. The molecule has 6 heteroatoms. The number of phenols is 1. The van der Waals surface area contributed by atoms with E-state index in [9.17, 15) is 9.90 Å². The predicted molar refractivity (Wildman–Crippen MR) is 93.5 cm³/mol. The number of nitrogens with one attached hydrogen (secondary N) is 1. The zero-order valence-electron chi connectivity index (χ0n) is 11.9. The fourth-order valence-electron chi connectivity index (χ4n) is 1.75. The third-order valence-electron chi connectivity index (χ3n) is 2.77. The Morgan fingerprint density at radius 2 is 2.09 bits per heavy atom. The van der Waals surface area contributed by atoms with Crippen molar-refractivity contribution < 1.29 is 14.6 Å². The van der Waals surface area contributed by atoms with Gasteiger partial charge in [0.05, 0.1) is 16.4 Å². The van der Waals surface area contributed by atoms with E-state index < -0.39 is 0 Å². The zero-order valence-corrected chi connectivity index (χ0v) is 14.1. The molecule has 0 saturated carbocycles. The Kier molecular flexibility index (Phi) is 5.76. The normalized spacial score (nSPS) is 10.6. The first-order chi connectivity index (χ1) is 10.6. The summed E-state index contributed by atoms with van der Waals surface area (Å²) in [6, 6.07) is 12.2. The number of halogens is 1. The Morgan fingerprint density at radius 3 is 2.77 bits per heavy atom. The minimum Gasteiger partial charge on any atom is -0.504 e. The fourth-order valence-corrected chi connectivity index (χ4v) is 2.38. The second-order valence-electron chi connectivity index (χ2n) is 4.35. The highest BCUT2D eigenvalue weighted by Crippen LogP contribution is 2.32. The summed E-state index contributed by atoms with van der Waals surface area (Å²) in [6.45, 7) is 2.29. The monoisotopic (exact) mass is 410 g/mol. The molecule has 0 bridgehead atoms. The molecule has 2 rings (SSSR count). The fraction of sp³-hybridized carbons (Fsp3) is 0.125. The van der Waals surface area contributed by atoms with Gasteiger partial charge in [0.25, 0.3) is 5.91 Å². The smallest absolute Gasteiger partial charge is 0.271 e. The van der Waals surface area contributed by atoms with Crippen LogP contribution in [0.2, 0.25) is 0 Å². The molecule has 2 aromatic carbocycles. The van der Waals surface area contributed by atoms with Gasteiger partial charge < -0.3 is 9.84 Å². The van der Waals surface area contributed by atoms with Gasteiger partial charge in [0.2, 0.25) is 0 Å². The highest BCUT2D eigenvalue weighted by Gasteiger charge is 2.08. The molecule has 2 aromatic rings. The van der Waals surface area contributed by atoms with Gasteiger partial charge in [-0.25, -0.2) is 5.43 Å². The minimum absolute atomic E-state index is 0.105. The Labute approximate surface area is 142 Å². The van der Waals surface area contributed by atoms with Crippen molar-refractivity contribution in [3.05, 3.63) is 57.2 Å². The lowest BCUT2D eigenvalue weighted by atomic mass is 10.2. The number of amides is 1. The molecular formula is C16H15IN2O3. The van der Waals surface area contributed by atoms with E-state index in [1.165, 1.54) is 6.21 Å². The van der Waals surface area contributed by atoms with E-state index in [1.54, 1.807) is 36.4 Å². The van der Waals surface area contributed by atoms with Crippen LogP contribution in [-0.4, -0.2) is 23.8 Å². The second kappa shape index (κ2) is 7.79. The number of hydrazone groups is 1. The molecule has 0 radical (unpaired) electrons. The molecule has 5 nitrogen and oxygen atoms in total. The van der Waals surface area contributed by atoms with Gasteiger partial charge in [-0.2, -0.15) is 5.10 Å². The Hall–Kier alpha value is -2.09. The van der Waals surface area contributed by atoms with Gasteiger partial charge in [0.1, 0.15) is 0 Å². The number of carbonyl (C=O) groups excluding carboxylic acids is 1. The molecule has 0 heterocycles. The largest absolute Gasteiger partial charge is 0.504 e. The number of ether oxygens (including phenoxy) is 1. The first-order valence-electron chi connectivity index (χ1n) is 6.65. The molecule has 0 unspecified atom stereocenters. The van der Waals surface area contributed by atoms with Crippen LogP contribution in [0.5, 0.6) is 11.5 Å². The number of hydrogen-bond donors (Lipinski definition) is 2. The van der Waals surface area contributed by atoms with Crippen LogP contribution in [0.3, 0.4) is 0 Å². The van der Waals surface area contributed by atoms with Crippen molar-refractivity contribution in [2.45, 2.75) is 6.92 Å². The van der Waals surface area contributed by atoms with Crippen molar-refractivity contribution in [1.29, 1.82) is 0 Å². The lowest BCUT2D eigenvalue weighted by molar-refractivity contribution is 0.0955. The number of rotatable bonds is 5.